The van der Waals surface area contributed by atoms with Crippen molar-refractivity contribution in [2.45, 2.75) is 13.8 Å². The Morgan fingerprint density at radius 1 is 1.41 bits per heavy atom. The monoisotopic (exact) mass is 234 g/mol. The van der Waals surface area contributed by atoms with Gasteiger partial charge in [-0.15, -0.1) is 0 Å². The third-order valence-corrected chi connectivity index (χ3v) is 2.31. The number of benzene rings is 1. The second-order valence-corrected chi connectivity index (χ2v) is 3.71. The quantitative estimate of drug-likeness (QED) is 0.869. The third-order valence-electron chi connectivity index (χ3n) is 2.31. The predicted molar refractivity (Wildman–Crippen MR) is 60.3 cm³/mol. The van der Waals surface area contributed by atoms with E-state index in [1.165, 1.54) is 6.07 Å². The number of nitrogens with one attached hydrogen (secondary N) is 1. The zero-order valence-corrected chi connectivity index (χ0v) is 9.45. The number of carbonyl (C=O) groups is 1. The molecule has 0 saturated heterocycles. The molecule has 1 amide bonds. The molecule has 88 valence electrons. The molecular weight excluding hydrogens is 223 g/mol. The maximum atomic E-state index is 13.7. The molecule has 1 aromatic heterocycles. The van der Waals surface area contributed by atoms with Crippen molar-refractivity contribution in [2.75, 3.05) is 5.32 Å². The molecular formula is C12H11FN2O2. The molecule has 0 atom stereocenters. The molecule has 0 spiro atoms. The van der Waals surface area contributed by atoms with Gasteiger partial charge < -0.3 is 9.84 Å². The van der Waals surface area contributed by atoms with Crippen molar-refractivity contribution in [1.29, 1.82) is 0 Å². The molecule has 1 aromatic carbocycles. The molecule has 0 radical (unpaired) electrons. The van der Waals surface area contributed by atoms with Crippen molar-refractivity contribution in [3.8, 4) is 0 Å². The number of nitrogens with zero attached hydrogens (tertiary/aromatic N) is 1. The van der Waals surface area contributed by atoms with Crippen LogP contribution in [-0.2, 0) is 0 Å². The van der Waals surface area contributed by atoms with Gasteiger partial charge in [-0.05, 0) is 25.5 Å². The van der Waals surface area contributed by atoms with E-state index in [4.69, 9.17) is 4.52 Å². The van der Waals surface area contributed by atoms with E-state index in [-0.39, 0.29) is 11.4 Å². The third kappa shape index (κ3) is 2.33. The van der Waals surface area contributed by atoms with Gasteiger partial charge in [0.15, 0.2) is 5.82 Å². The minimum atomic E-state index is -0.542. The van der Waals surface area contributed by atoms with Crippen LogP contribution < -0.4 is 5.32 Å². The summed E-state index contributed by atoms with van der Waals surface area (Å²) < 4.78 is 18.5. The summed E-state index contributed by atoms with van der Waals surface area (Å²) in [6.07, 6.45) is 0. The second kappa shape index (κ2) is 4.37. The average Bonchev–Trinajstić information content (AvgIpc) is 2.68. The number of halogens is 1. The van der Waals surface area contributed by atoms with Crippen molar-refractivity contribution in [3.05, 3.63) is 47.0 Å². The predicted octanol–water partition coefficient (Wildman–Crippen LogP) is 2.68. The highest BCUT2D eigenvalue weighted by Crippen LogP contribution is 2.14. The maximum Gasteiger partial charge on any atom is 0.259 e. The van der Waals surface area contributed by atoms with Crippen molar-refractivity contribution in [1.82, 2.24) is 5.16 Å². The number of carbonyl (C=O) groups excluding carboxylic acids is 1. The van der Waals surface area contributed by atoms with E-state index in [1.807, 2.05) is 0 Å². The lowest BCUT2D eigenvalue weighted by Crippen LogP contribution is -2.14. The number of amides is 1. The van der Waals surface area contributed by atoms with Crippen molar-refractivity contribution >= 4 is 11.7 Å². The largest absolute Gasteiger partial charge is 0.360 e. The van der Waals surface area contributed by atoms with E-state index in [0.29, 0.717) is 11.3 Å². The summed E-state index contributed by atoms with van der Waals surface area (Å²) in [6.45, 7) is 3.31. The van der Waals surface area contributed by atoms with E-state index < -0.39 is 11.7 Å². The van der Waals surface area contributed by atoms with Gasteiger partial charge in [0, 0.05) is 6.07 Å². The van der Waals surface area contributed by atoms with Gasteiger partial charge in [-0.25, -0.2) is 4.39 Å². The maximum absolute atomic E-state index is 13.7. The zero-order chi connectivity index (χ0) is 12.4. The topological polar surface area (TPSA) is 55.1 Å². The van der Waals surface area contributed by atoms with Crippen molar-refractivity contribution < 1.29 is 13.7 Å². The Morgan fingerprint density at radius 2 is 2.18 bits per heavy atom. The Bertz CT molecular complexity index is 563. The summed E-state index contributed by atoms with van der Waals surface area (Å²) in [5.74, 6) is -0.219. The fourth-order valence-electron chi connectivity index (χ4n) is 1.43. The smallest absolute Gasteiger partial charge is 0.259 e. The Morgan fingerprint density at radius 3 is 2.82 bits per heavy atom. The van der Waals surface area contributed by atoms with E-state index >= 15 is 0 Å². The summed E-state index contributed by atoms with van der Waals surface area (Å²) in [4.78, 5) is 11.8. The summed E-state index contributed by atoms with van der Waals surface area (Å²) in [5, 5.41) is 6.07. The fraction of sp³-hybridized carbons (Fsp3) is 0.167. The molecule has 5 heteroatoms. The minimum absolute atomic E-state index is 0.00865. The first-order valence-corrected chi connectivity index (χ1v) is 5.07. The molecule has 0 fully saturated rings. The van der Waals surface area contributed by atoms with Crippen LogP contribution in [-0.4, -0.2) is 11.1 Å². The van der Waals surface area contributed by atoms with Gasteiger partial charge in [-0.1, -0.05) is 17.3 Å². The first-order valence-electron chi connectivity index (χ1n) is 5.07. The minimum Gasteiger partial charge on any atom is -0.360 e. The molecule has 2 aromatic rings. The van der Waals surface area contributed by atoms with Crippen LogP contribution in [0, 0.1) is 19.7 Å². The zero-order valence-electron chi connectivity index (χ0n) is 9.45. The lowest BCUT2D eigenvalue weighted by molar-refractivity contribution is 0.102. The summed E-state index contributed by atoms with van der Waals surface area (Å²) >= 11 is 0. The van der Waals surface area contributed by atoms with Crippen LogP contribution in [0.1, 0.15) is 21.7 Å². The number of aromatic nitrogens is 1. The van der Waals surface area contributed by atoms with Crippen LogP contribution in [0.4, 0.5) is 10.2 Å². The van der Waals surface area contributed by atoms with E-state index in [1.54, 1.807) is 32.0 Å². The summed E-state index contributed by atoms with van der Waals surface area (Å²) in [6, 6.07) is 6.21. The van der Waals surface area contributed by atoms with E-state index in [9.17, 15) is 9.18 Å². The number of hydrogen-bond donors (Lipinski definition) is 1. The lowest BCUT2D eigenvalue weighted by atomic mass is 10.1. The van der Waals surface area contributed by atoms with Gasteiger partial charge >= 0.3 is 0 Å². The molecule has 2 rings (SSSR count). The Labute approximate surface area is 97.4 Å². The Balaban J connectivity index is 2.23. The standard InChI is InChI=1S/C12H11FN2O2/c1-7-4-3-5-9(11(7)13)12(16)14-10-6-8(2)17-15-10/h3-6H,1-2H3,(H,14,15,16). The molecule has 0 bridgehead atoms. The first kappa shape index (κ1) is 11.3. The molecule has 1 heterocycles. The van der Waals surface area contributed by atoms with Crippen LogP contribution >= 0.6 is 0 Å². The molecule has 0 aliphatic heterocycles. The van der Waals surface area contributed by atoms with Crippen molar-refractivity contribution in [3.63, 3.8) is 0 Å². The highest BCUT2D eigenvalue weighted by atomic mass is 19.1. The van der Waals surface area contributed by atoms with Crippen LogP contribution in [0.15, 0.2) is 28.8 Å². The molecule has 1 N–H and O–H groups in total. The van der Waals surface area contributed by atoms with E-state index in [2.05, 4.69) is 10.5 Å². The van der Waals surface area contributed by atoms with Crippen LogP contribution in [0.2, 0.25) is 0 Å². The number of hydrogen-bond acceptors (Lipinski definition) is 3. The fourth-order valence-corrected chi connectivity index (χ4v) is 1.43. The van der Waals surface area contributed by atoms with Gasteiger partial charge in [0.2, 0.25) is 0 Å². The summed E-state index contributed by atoms with van der Waals surface area (Å²) in [7, 11) is 0. The molecule has 0 saturated carbocycles. The van der Waals surface area contributed by atoms with Gasteiger partial charge in [-0.3, -0.25) is 4.79 Å². The molecule has 17 heavy (non-hydrogen) atoms. The van der Waals surface area contributed by atoms with Gasteiger partial charge in [0.05, 0.1) is 5.56 Å². The highest BCUT2D eigenvalue weighted by molar-refractivity contribution is 6.04. The number of rotatable bonds is 2. The van der Waals surface area contributed by atoms with Crippen LogP contribution in [0.5, 0.6) is 0 Å². The molecule has 4 nitrogen and oxygen atoms in total. The van der Waals surface area contributed by atoms with Crippen LogP contribution in [0.25, 0.3) is 0 Å². The van der Waals surface area contributed by atoms with Crippen LogP contribution in [0.3, 0.4) is 0 Å². The lowest BCUT2D eigenvalue weighted by Gasteiger charge is -2.04. The van der Waals surface area contributed by atoms with Gasteiger partial charge in [0.25, 0.3) is 5.91 Å². The first-order chi connectivity index (χ1) is 8.08. The Kier molecular flexibility index (Phi) is 2.91. The van der Waals surface area contributed by atoms with Crippen molar-refractivity contribution in [2.24, 2.45) is 0 Å². The van der Waals surface area contributed by atoms with Gasteiger partial charge in [-0.2, -0.15) is 0 Å². The molecule has 0 unspecified atom stereocenters. The van der Waals surface area contributed by atoms with E-state index in [0.717, 1.165) is 0 Å². The SMILES string of the molecule is Cc1cc(NC(=O)c2cccc(C)c2F)no1. The Hall–Kier alpha value is -2.17. The van der Waals surface area contributed by atoms with Gasteiger partial charge in [0.1, 0.15) is 11.6 Å². The number of anilines is 1. The highest BCUT2D eigenvalue weighted by Gasteiger charge is 2.14. The summed E-state index contributed by atoms with van der Waals surface area (Å²) in [5.41, 5.74) is 0.416. The second-order valence-electron chi connectivity index (χ2n) is 3.71. The molecule has 0 aliphatic rings. The molecule has 0 aliphatic carbocycles. The number of aryl methyl sites for hydroxylation is 2. The normalized spacial score (nSPS) is 10.3. The average molecular weight is 234 g/mol.